The predicted octanol–water partition coefficient (Wildman–Crippen LogP) is 3.27. The van der Waals surface area contributed by atoms with E-state index in [1.807, 2.05) is 0 Å². The van der Waals surface area contributed by atoms with E-state index in [2.05, 4.69) is 19.2 Å². The summed E-state index contributed by atoms with van der Waals surface area (Å²) >= 11 is 5.85. The Labute approximate surface area is 113 Å². The lowest BCUT2D eigenvalue weighted by Crippen LogP contribution is -2.37. The molecule has 0 bridgehead atoms. The van der Waals surface area contributed by atoms with E-state index in [4.69, 9.17) is 16.3 Å². The number of carbonyl (C=O) groups is 1. The summed E-state index contributed by atoms with van der Waals surface area (Å²) < 4.78 is 5.52. The van der Waals surface area contributed by atoms with Crippen LogP contribution in [0.15, 0.2) is 24.3 Å². The van der Waals surface area contributed by atoms with Gasteiger partial charge in [0, 0.05) is 11.6 Å². The first-order valence-electron chi connectivity index (χ1n) is 6.19. The summed E-state index contributed by atoms with van der Waals surface area (Å²) in [5.74, 6) is 1.08. The molecule has 0 unspecified atom stereocenters. The summed E-state index contributed by atoms with van der Waals surface area (Å²) in [5.41, 5.74) is 0. The SMILES string of the molecule is CC(C)CCNC(=O)[C@@H](C)Oc1cccc(Cl)c1. The van der Waals surface area contributed by atoms with Crippen molar-refractivity contribution in [1.29, 1.82) is 0 Å². The Bertz CT molecular complexity index is 393. The van der Waals surface area contributed by atoms with E-state index in [1.165, 1.54) is 0 Å². The lowest BCUT2D eigenvalue weighted by Gasteiger charge is -2.15. The fourth-order valence-electron chi connectivity index (χ4n) is 1.43. The summed E-state index contributed by atoms with van der Waals surface area (Å²) in [4.78, 5) is 11.7. The minimum Gasteiger partial charge on any atom is -0.481 e. The maximum Gasteiger partial charge on any atom is 0.260 e. The third-order valence-corrected chi connectivity index (χ3v) is 2.73. The zero-order valence-corrected chi connectivity index (χ0v) is 11.8. The van der Waals surface area contributed by atoms with Crippen molar-refractivity contribution >= 4 is 17.5 Å². The average Bonchev–Trinajstić information content (AvgIpc) is 2.28. The lowest BCUT2D eigenvalue weighted by molar-refractivity contribution is -0.127. The van der Waals surface area contributed by atoms with E-state index in [1.54, 1.807) is 31.2 Å². The van der Waals surface area contributed by atoms with Gasteiger partial charge in [-0.05, 0) is 37.5 Å². The van der Waals surface area contributed by atoms with Gasteiger partial charge in [0.25, 0.3) is 5.91 Å². The lowest BCUT2D eigenvalue weighted by atomic mass is 10.1. The molecule has 0 radical (unpaired) electrons. The van der Waals surface area contributed by atoms with E-state index in [9.17, 15) is 4.79 Å². The van der Waals surface area contributed by atoms with Gasteiger partial charge in [0.05, 0.1) is 0 Å². The van der Waals surface area contributed by atoms with Crippen LogP contribution in [0.25, 0.3) is 0 Å². The molecule has 0 aliphatic rings. The van der Waals surface area contributed by atoms with Crippen molar-refractivity contribution in [1.82, 2.24) is 5.32 Å². The number of rotatable bonds is 6. The van der Waals surface area contributed by atoms with E-state index in [0.717, 1.165) is 6.42 Å². The van der Waals surface area contributed by atoms with E-state index in [-0.39, 0.29) is 5.91 Å². The number of nitrogens with one attached hydrogen (secondary N) is 1. The first kappa shape index (κ1) is 14.8. The van der Waals surface area contributed by atoms with Crippen LogP contribution in [0.3, 0.4) is 0 Å². The third-order valence-electron chi connectivity index (χ3n) is 2.50. The van der Waals surface area contributed by atoms with Gasteiger partial charge in [0.2, 0.25) is 0 Å². The van der Waals surface area contributed by atoms with Crippen LogP contribution in [0.2, 0.25) is 5.02 Å². The number of hydrogen-bond donors (Lipinski definition) is 1. The van der Waals surface area contributed by atoms with Crippen molar-refractivity contribution in [2.24, 2.45) is 5.92 Å². The summed E-state index contributed by atoms with van der Waals surface area (Å²) in [6.07, 6.45) is 0.450. The van der Waals surface area contributed by atoms with E-state index in [0.29, 0.717) is 23.2 Å². The Balaban J connectivity index is 2.40. The second-order valence-corrected chi connectivity index (χ2v) is 5.13. The molecule has 0 saturated carbocycles. The molecule has 1 N–H and O–H groups in total. The highest BCUT2D eigenvalue weighted by molar-refractivity contribution is 6.30. The molecule has 0 saturated heterocycles. The van der Waals surface area contributed by atoms with Crippen LogP contribution in [-0.2, 0) is 4.79 Å². The van der Waals surface area contributed by atoms with Gasteiger partial charge >= 0.3 is 0 Å². The molecule has 0 spiro atoms. The van der Waals surface area contributed by atoms with Gasteiger partial charge in [-0.1, -0.05) is 31.5 Å². The van der Waals surface area contributed by atoms with Crippen LogP contribution in [-0.4, -0.2) is 18.6 Å². The Morgan fingerprint density at radius 2 is 2.11 bits per heavy atom. The van der Waals surface area contributed by atoms with Gasteiger partial charge in [-0.15, -0.1) is 0 Å². The third kappa shape index (κ3) is 5.41. The molecule has 1 amide bonds. The zero-order chi connectivity index (χ0) is 13.5. The highest BCUT2D eigenvalue weighted by Crippen LogP contribution is 2.18. The zero-order valence-electron chi connectivity index (χ0n) is 11.1. The summed E-state index contributed by atoms with van der Waals surface area (Å²) in [6, 6.07) is 7.03. The molecule has 0 fully saturated rings. The van der Waals surface area contributed by atoms with Crippen molar-refractivity contribution in [3.8, 4) is 5.75 Å². The number of hydrogen-bond acceptors (Lipinski definition) is 2. The molecule has 0 heterocycles. The Kier molecular flexibility index (Phi) is 5.99. The first-order chi connectivity index (χ1) is 8.49. The maximum atomic E-state index is 11.7. The first-order valence-corrected chi connectivity index (χ1v) is 6.56. The van der Waals surface area contributed by atoms with Crippen LogP contribution in [0.1, 0.15) is 27.2 Å². The van der Waals surface area contributed by atoms with E-state index >= 15 is 0 Å². The Morgan fingerprint density at radius 3 is 2.72 bits per heavy atom. The molecule has 1 rings (SSSR count). The van der Waals surface area contributed by atoms with Gasteiger partial charge in [-0.25, -0.2) is 0 Å². The molecule has 18 heavy (non-hydrogen) atoms. The average molecular weight is 270 g/mol. The monoisotopic (exact) mass is 269 g/mol. The fraction of sp³-hybridized carbons (Fsp3) is 0.500. The summed E-state index contributed by atoms with van der Waals surface area (Å²) in [5, 5.41) is 3.45. The van der Waals surface area contributed by atoms with Crippen molar-refractivity contribution in [2.45, 2.75) is 33.3 Å². The van der Waals surface area contributed by atoms with Crippen LogP contribution >= 0.6 is 11.6 Å². The van der Waals surface area contributed by atoms with Crippen LogP contribution in [0, 0.1) is 5.92 Å². The molecular formula is C14H20ClNO2. The van der Waals surface area contributed by atoms with Crippen LogP contribution < -0.4 is 10.1 Å². The summed E-state index contributed by atoms with van der Waals surface area (Å²) in [7, 11) is 0. The van der Waals surface area contributed by atoms with Crippen molar-refractivity contribution in [2.75, 3.05) is 6.54 Å². The fourth-order valence-corrected chi connectivity index (χ4v) is 1.61. The second kappa shape index (κ2) is 7.27. The molecule has 100 valence electrons. The van der Waals surface area contributed by atoms with Crippen LogP contribution in [0.4, 0.5) is 0 Å². The number of halogens is 1. The highest BCUT2D eigenvalue weighted by atomic mass is 35.5. The minimum atomic E-state index is -0.518. The predicted molar refractivity (Wildman–Crippen MR) is 74.0 cm³/mol. The molecule has 0 aliphatic heterocycles. The molecule has 1 aromatic rings. The van der Waals surface area contributed by atoms with E-state index < -0.39 is 6.10 Å². The normalized spacial score (nSPS) is 12.3. The Morgan fingerprint density at radius 1 is 1.39 bits per heavy atom. The molecule has 3 nitrogen and oxygen atoms in total. The smallest absolute Gasteiger partial charge is 0.260 e. The minimum absolute atomic E-state index is 0.101. The van der Waals surface area contributed by atoms with Gasteiger partial charge in [0.15, 0.2) is 6.10 Å². The summed E-state index contributed by atoms with van der Waals surface area (Å²) in [6.45, 7) is 6.65. The van der Waals surface area contributed by atoms with Gasteiger partial charge in [-0.2, -0.15) is 0 Å². The standard InChI is InChI=1S/C14H20ClNO2/c1-10(2)7-8-16-14(17)11(3)18-13-6-4-5-12(15)9-13/h4-6,9-11H,7-8H2,1-3H3,(H,16,17)/t11-/m1/s1. The molecule has 1 atom stereocenters. The Hall–Kier alpha value is -1.22. The van der Waals surface area contributed by atoms with Crippen molar-refractivity contribution in [3.63, 3.8) is 0 Å². The van der Waals surface area contributed by atoms with Gasteiger partial charge in [-0.3, -0.25) is 4.79 Å². The van der Waals surface area contributed by atoms with Crippen molar-refractivity contribution < 1.29 is 9.53 Å². The molecule has 1 aromatic carbocycles. The molecule has 0 aliphatic carbocycles. The number of amides is 1. The number of ether oxygens (including phenoxy) is 1. The largest absolute Gasteiger partial charge is 0.481 e. The molecular weight excluding hydrogens is 250 g/mol. The number of benzene rings is 1. The topological polar surface area (TPSA) is 38.3 Å². The van der Waals surface area contributed by atoms with Crippen LogP contribution in [0.5, 0.6) is 5.75 Å². The highest BCUT2D eigenvalue weighted by Gasteiger charge is 2.14. The number of carbonyl (C=O) groups excluding carboxylic acids is 1. The quantitative estimate of drug-likeness (QED) is 0.861. The molecule has 0 aromatic heterocycles. The van der Waals surface area contributed by atoms with Gasteiger partial charge in [0.1, 0.15) is 5.75 Å². The maximum absolute atomic E-state index is 11.7. The van der Waals surface area contributed by atoms with Gasteiger partial charge < -0.3 is 10.1 Å². The second-order valence-electron chi connectivity index (χ2n) is 4.69. The molecule has 4 heteroatoms. The van der Waals surface area contributed by atoms with Crippen molar-refractivity contribution in [3.05, 3.63) is 29.3 Å².